The molecule has 1 N–H and O–H groups in total. The molecule has 158 valence electrons. The Balaban J connectivity index is 1.15. The fourth-order valence-electron chi connectivity index (χ4n) is 4.34. The number of nitrogens with zero attached hydrogens (tertiary/aromatic N) is 2. The van der Waals surface area contributed by atoms with Gasteiger partial charge in [0.15, 0.2) is 11.7 Å². The highest BCUT2D eigenvalue weighted by atomic mass is 19.1. The summed E-state index contributed by atoms with van der Waals surface area (Å²) in [5.41, 5.74) is 2.80. The van der Waals surface area contributed by atoms with Crippen LogP contribution in [0.2, 0.25) is 0 Å². The zero-order valence-corrected chi connectivity index (χ0v) is 17.2. The highest BCUT2D eigenvalue weighted by Crippen LogP contribution is 2.30. The van der Waals surface area contributed by atoms with Crippen molar-refractivity contribution in [3.05, 3.63) is 78.2 Å². The van der Waals surface area contributed by atoms with Crippen LogP contribution in [0, 0.1) is 5.82 Å². The van der Waals surface area contributed by atoms with Gasteiger partial charge >= 0.3 is 0 Å². The molecule has 5 nitrogen and oxygen atoms in total. The quantitative estimate of drug-likeness (QED) is 0.479. The topological polar surface area (TPSA) is 62.1 Å². The second kappa shape index (κ2) is 8.38. The van der Waals surface area contributed by atoms with Crippen molar-refractivity contribution < 1.29 is 13.6 Å². The van der Waals surface area contributed by atoms with Gasteiger partial charge in [0.1, 0.15) is 5.82 Å². The number of carbonyl (C=O) groups is 1. The van der Waals surface area contributed by atoms with Crippen LogP contribution >= 0.6 is 0 Å². The van der Waals surface area contributed by atoms with E-state index in [0.717, 1.165) is 31.4 Å². The average molecular weight is 417 g/mol. The first-order chi connectivity index (χ1) is 15.2. The van der Waals surface area contributed by atoms with Gasteiger partial charge in [-0.3, -0.25) is 4.79 Å². The molecule has 0 bridgehead atoms. The molecule has 5 rings (SSSR count). The minimum Gasteiger partial charge on any atom is -0.441 e. The summed E-state index contributed by atoms with van der Waals surface area (Å²) < 4.78 is 19.6. The third kappa shape index (κ3) is 4.10. The Bertz CT molecular complexity index is 1170. The average Bonchev–Trinajstić information content (AvgIpc) is 3.45. The highest BCUT2D eigenvalue weighted by Gasteiger charge is 2.25. The Labute approximate surface area is 179 Å². The first kappa shape index (κ1) is 19.5. The Morgan fingerprint density at radius 3 is 2.71 bits per heavy atom. The number of oxazole rings is 1. The molecule has 31 heavy (non-hydrogen) atoms. The van der Waals surface area contributed by atoms with Gasteiger partial charge in [-0.2, -0.15) is 0 Å². The standard InChI is InChI=1S/C25H24FN3O2/c26-20-7-3-2-6-19(20)23-16-27-24(31-23)9-10-25(30)29-13-11-17(12-14-29)22-15-18-5-1-4-8-21(18)28-22/h1-8,15-17,28H,9-14H2. The van der Waals surface area contributed by atoms with Gasteiger partial charge in [0.2, 0.25) is 5.91 Å². The zero-order valence-electron chi connectivity index (χ0n) is 17.2. The van der Waals surface area contributed by atoms with Gasteiger partial charge in [0.05, 0.1) is 11.8 Å². The van der Waals surface area contributed by atoms with Crippen LogP contribution < -0.4 is 0 Å². The van der Waals surface area contributed by atoms with Crippen LogP contribution in [-0.2, 0) is 11.2 Å². The number of fused-ring (bicyclic) bond motifs is 1. The van der Waals surface area contributed by atoms with Gasteiger partial charge in [-0.05, 0) is 42.5 Å². The first-order valence-corrected chi connectivity index (χ1v) is 10.7. The van der Waals surface area contributed by atoms with Crippen molar-refractivity contribution in [3.63, 3.8) is 0 Å². The third-order valence-electron chi connectivity index (χ3n) is 6.08. The van der Waals surface area contributed by atoms with Crippen molar-refractivity contribution in [2.45, 2.75) is 31.6 Å². The summed E-state index contributed by atoms with van der Waals surface area (Å²) in [4.78, 5) is 22.3. The van der Waals surface area contributed by atoms with Crippen molar-refractivity contribution in [3.8, 4) is 11.3 Å². The maximum atomic E-state index is 13.9. The number of para-hydroxylation sites is 1. The number of aromatic amines is 1. The van der Waals surface area contributed by atoms with E-state index < -0.39 is 0 Å². The fourth-order valence-corrected chi connectivity index (χ4v) is 4.34. The van der Waals surface area contributed by atoms with Crippen LogP contribution in [0.1, 0.15) is 36.8 Å². The van der Waals surface area contributed by atoms with Crippen LogP contribution in [0.25, 0.3) is 22.2 Å². The largest absolute Gasteiger partial charge is 0.441 e. The number of H-pyrrole nitrogens is 1. The summed E-state index contributed by atoms with van der Waals surface area (Å²) in [7, 11) is 0. The lowest BCUT2D eigenvalue weighted by Crippen LogP contribution is -2.38. The molecule has 0 aliphatic carbocycles. The summed E-state index contributed by atoms with van der Waals surface area (Å²) >= 11 is 0. The lowest BCUT2D eigenvalue weighted by molar-refractivity contribution is -0.132. The van der Waals surface area contributed by atoms with Gasteiger partial charge in [-0.1, -0.05) is 30.3 Å². The molecule has 1 saturated heterocycles. The summed E-state index contributed by atoms with van der Waals surface area (Å²) in [6.45, 7) is 1.51. The van der Waals surface area contributed by atoms with E-state index in [9.17, 15) is 9.18 Å². The number of benzene rings is 2. The number of carbonyl (C=O) groups excluding carboxylic acids is 1. The van der Waals surface area contributed by atoms with Crippen molar-refractivity contribution in [2.75, 3.05) is 13.1 Å². The van der Waals surface area contributed by atoms with E-state index in [2.05, 4.69) is 34.2 Å². The van der Waals surface area contributed by atoms with Crippen LogP contribution in [-0.4, -0.2) is 33.9 Å². The molecule has 0 unspecified atom stereocenters. The molecule has 0 radical (unpaired) electrons. The molecule has 6 heteroatoms. The van der Waals surface area contributed by atoms with Crippen LogP contribution in [0.3, 0.4) is 0 Å². The molecule has 3 heterocycles. The third-order valence-corrected chi connectivity index (χ3v) is 6.08. The van der Waals surface area contributed by atoms with E-state index in [1.165, 1.54) is 23.3 Å². The number of aromatic nitrogens is 2. The lowest BCUT2D eigenvalue weighted by atomic mass is 9.93. The molecular formula is C25H24FN3O2. The smallest absolute Gasteiger partial charge is 0.223 e. The summed E-state index contributed by atoms with van der Waals surface area (Å²) in [6.07, 6.45) is 4.18. The second-order valence-electron chi connectivity index (χ2n) is 8.07. The number of amides is 1. The van der Waals surface area contributed by atoms with Crippen molar-refractivity contribution >= 4 is 16.8 Å². The SMILES string of the molecule is O=C(CCc1ncc(-c2ccccc2F)o1)N1CCC(c2cc3ccccc3[nH]2)CC1. The Morgan fingerprint density at radius 1 is 1.13 bits per heavy atom. The molecule has 1 fully saturated rings. The molecule has 0 saturated carbocycles. The maximum absolute atomic E-state index is 13.9. The monoisotopic (exact) mass is 417 g/mol. The molecule has 1 aliphatic heterocycles. The van der Waals surface area contributed by atoms with Gasteiger partial charge in [0.25, 0.3) is 0 Å². The number of nitrogens with one attached hydrogen (secondary N) is 1. The molecule has 1 aliphatic rings. The number of piperidine rings is 1. The Hall–Kier alpha value is -3.41. The molecule has 2 aromatic carbocycles. The Kier molecular flexibility index (Phi) is 5.28. The number of rotatable bonds is 5. The predicted octanol–water partition coefficient (Wildman–Crippen LogP) is 5.30. The number of hydrogen-bond acceptors (Lipinski definition) is 3. The van der Waals surface area contributed by atoms with E-state index in [1.807, 2.05) is 11.0 Å². The molecule has 4 aromatic rings. The molecule has 2 aromatic heterocycles. The van der Waals surface area contributed by atoms with Gasteiger partial charge < -0.3 is 14.3 Å². The normalized spacial score (nSPS) is 14.9. The van der Waals surface area contributed by atoms with E-state index in [0.29, 0.717) is 36.0 Å². The molecule has 0 atom stereocenters. The number of likely N-dealkylation sites (tertiary alicyclic amines) is 1. The van der Waals surface area contributed by atoms with E-state index in [-0.39, 0.29) is 11.7 Å². The van der Waals surface area contributed by atoms with Gasteiger partial charge in [-0.25, -0.2) is 9.37 Å². The first-order valence-electron chi connectivity index (χ1n) is 10.7. The van der Waals surface area contributed by atoms with Crippen LogP contribution in [0.4, 0.5) is 4.39 Å². The van der Waals surface area contributed by atoms with Crippen molar-refractivity contribution in [1.29, 1.82) is 0 Å². The number of aryl methyl sites for hydroxylation is 1. The van der Waals surface area contributed by atoms with E-state index in [1.54, 1.807) is 18.2 Å². The number of halogens is 1. The minimum atomic E-state index is -0.348. The molecule has 0 spiro atoms. The predicted molar refractivity (Wildman–Crippen MR) is 117 cm³/mol. The van der Waals surface area contributed by atoms with Crippen molar-refractivity contribution in [1.82, 2.24) is 14.9 Å². The van der Waals surface area contributed by atoms with Crippen molar-refractivity contribution in [2.24, 2.45) is 0 Å². The van der Waals surface area contributed by atoms with Crippen LogP contribution in [0.5, 0.6) is 0 Å². The highest BCUT2D eigenvalue weighted by molar-refractivity contribution is 5.80. The summed E-state index contributed by atoms with van der Waals surface area (Å²) in [5.74, 6) is 1.06. The van der Waals surface area contributed by atoms with Gasteiger partial charge in [0, 0.05) is 43.1 Å². The Morgan fingerprint density at radius 2 is 1.90 bits per heavy atom. The molecular weight excluding hydrogens is 393 g/mol. The summed E-state index contributed by atoms with van der Waals surface area (Å²) in [5, 5.41) is 1.23. The second-order valence-corrected chi connectivity index (χ2v) is 8.07. The van der Waals surface area contributed by atoms with Crippen LogP contribution in [0.15, 0.2) is 65.2 Å². The fraction of sp³-hybridized carbons (Fsp3) is 0.280. The zero-order chi connectivity index (χ0) is 21.2. The number of hydrogen-bond donors (Lipinski definition) is 1. The maximum Gasteiger partial charge on any atom is 0.223 e. The van der Waals surface area contributed by atoms with Gasteiger partial charge in [-0.15, -0.1) is 0 Å². The molecule has 1 amide bonds. The minimum absolute atomic E-state index is 0.112. The van der Waals surface area contributed by atoms with E-state index in [4.69, 9.17) is 4.42 Å². The lowest BCUT2D eigenvalue weighted by Gasteiger charge is -2.31. The van der Waals surface area contributed by atoms with E-state index >= 15 is 0 Å². The summed E-state index contributed by atoms with van der Waals surface area (Å²) in [6, 6.07) is 17.0.